The molecule has 2 nitrogen and oxygen atoms in total. The fraction of sp³-hybridized carbons (Fsp3) is 0.278. The van der Waals surface area contributed by atoms with E-state index in [-0.39, 0.29) is 0 Å². The van der Waals surface area contributed by atoms with Gasteiger partial charge in [-0.2, -0.15) is 0 Å². The molecule has 20 heavy (non-hydrogen) atoms. The van der Waals surface area contributed by atoms with E-state index in [1.807, 2.05) is 6.20 Å². The summed E-state index contributed by atoms with van der Waals surface area (Å²) in [6, 6.07) is 14.9. The zero-order valence-electron chi connectivity index (χ0n) is 11.9. The second kappa shape index (κ2) is 6.02. The Labute approximate surface area is 120 Å². The van der Waals surface area contributed by atoms with Crippen LogP contribution in [0.25, 0.3) is 5.57 Å². The van der Waals surface area contributed by atoms with Gasteiger partial charge < -0.3 is 0 Å². The van der Waals surface area contributed by atoms with E-state index < -0.39 is 0 Å². The van der Waals surface area contributed by atoms with E-state index in [0.29, 0.717) is 0 Å². The van der Waals surface area contributed by atoms with Gasteiger partial charge in [-0.25, -0.2) is 0 Å². The first-order valence-electron chi connectivity index (χ1n) is 7.19. The van der Waals surface area contributed by atoms with Crippen molar-refractivity contribution in [3.63, 3.8) is 0 Å². The Morgan fingerprint density at radius 3 is 2.60 bits per heavy atom. The second-order valence-corrected chi connectivity index (χ2v) is 5.42. The van der Waals surface area contributed by atoms with Crippen molar-refractivity contribution in [2.75, 3.05) is 13.1 Å². The zero-order chi connectivity index (χ0) is 13.8. The van der Waals surface area contributed by atoms with E-state index in [2.05, 4.69) is 65.3 Å². The molecule has 1 aromatic heterocycles. The van der Waals surface area contributed by atoms with Crippen molar-refractivity contribution in [3.05, 3.63) is 71.6 Å². The summed E-state index contributed by atoms with van der Waals surface area (Å²) in [7, 11) is 0. The number of hydrogen-bond acceptors (Lipinski definition) is 2. The van der Waals surface area contributed by atoms with Gasteiger partial charge in [0, 0.05) is 25.8 Å². The molecule has 0 N–H and O–H groups in total. The zero-order valence-corrected chi connectivity index (χ0v) is 11.9. The Balaban J connectivity index is 1.64. The summed E-state index contributed by atoms with van der Waals surface area (Å²) in [5.41, 5.74) is 5.12. The molecule has 0 atom stereocenters. The average molecular weight is 264 g/mol. The highest BCUT2D eigenvalue weighted by Crippen LogP contribution is 2.21. The lowest BCUT2D eigenvalue weighted by atomic mass is 10.0. The molecule has 0 radical (unpaired) electrons. The highest BCUT2D eigenvalue weighted by atomic mass is 15.1. The Morgan fingerprint density at radius 2 is 1.95 bits per heavy atom. The molecule has 102 valence electrons. The third-order valence-electron chi connectivity index (χ3n) is 3.78. The lowest BCUT2D eigenvalue weighted by Crippen LogP contribution is -2.28. The van der Waals surface area contributed by atoms with Crippen molar-refractivity contribution in [2.24, 2.45) is 0 Å². The first-order valence-corrected chi connectivity index (χ1v) is 7.19. The van der Waals surface area contributed by atoms with Crippen LogP contribution >= 0.6 is 0 Å². The first kappa shape index (κ1) is 13.1. The van der Waals surface area contributed by atoms with Gasteiger partial charge in [0.1, 0.15) is 0 Å². The molecule has 3 rings (SSSR count). The summed E-state index contributed by atoms with van der Waals surface area (Å²) >= 11 is 0. The molecule has 1 aliphatic rings. The number of nitrogens with zero attached hydrogens (tertiary/aromatic N) is 2. The third-order valence-corrected chi connectivity index (χ3v) is 3.78. The highest BCUT2D eigenvalue weighted by Gasteiger charge is 2.13. The molecule has 2 aromatic rings. The quantitative estimate of drug-likeness (QED) is 0.840. The van der Waals surface area contributed by atoms with Gasteiger partial charge in [-0.1, -0.05) is 42.5 Å². The molecule has 2 heterocycles. The van der Waals surface area contributed by atoms with Crippen molar-refractivity contribution < 1.29 is 0 Å². The topological polar surface area (TPSA) is 16.1 Å². The van der Waals surface area contributed by atoms with E-state index in [9.17, 15) is 0 Å². The molecule has 0 spiro atoms. The molecular formula is C18H20N2. The molecular weight excluding hydrogens is 244 g/mol. The molecule has 0 saturated carbocycles. The Bertz CT molecular complexity index is 585. The Morgan fingerprint density at radius 1 is 1.10 bits per heavy atom. The molecule has 0 aliphatic carbocycles. The summed E-state index contributed by atoms with van der Waals surface area (Å²) in [5.74, 6) is 0. The molecule has 0 saturated heterocycles. The van der Waals surface area contributed by atoms with E-state index >= 15 is 0 Å². The fourth-order valence-corrected chi connectivity index (χ4v) is 2.59. The monoisotopic (exact) mass is 264 g/mol. The SMILES string of the molecule is Cc1ccc(C2=CCN(Cc3ccccc3)CC2)nc1. The molecule has 0 unspecified atom stereocenters. The van der Waals surface area contributed by atoms with E-state index in [1.165, 1.54) is 16.7 Å². The number of pyridine rings is 1. The molecule has 0 fully saturated rings. The number of benzene rings is 1. The van der Waals surface area contributed by atoms with Crippen molar-refractivity contribution in [3.8, 4) is 0 Å². The van der Waals surface area contributed by atoms with Gasteiger partial charge in [0.15, 0.2) is 0 Å². The second-order valence-electron chi connectivity index (χ2n) is 5.42. The number of aryl methyl sites for hydroxylation is 1. The molecule has 2 heteroatoms. The lowest BCUT2D eigenvalue weighted by molar-refractivity contribution is 0.294. The van der Waals surface area contributed by atoms with Crippen LogP contribution in [-0.4, -0.2) is 23.0 Å². The van der Waals surface area contributed by atoms with Crippen molar-refractivity contribution in [1.29, 1.82) is 0 Å². The summed E-state index contributed by atoms with van der Waals surface area (Å²) < 4.78 is 0. The summed E-state index contributed by atoms with van der Waals surface area (Å²) in [5, 5.41) is 0. The lowest BCUT2D eigenvalue weighted by Gasteiger charge is -2.26. The van der Waals surface area contributed by atoms with Crippen molar-refractivity contribution in [1.82, 2.24) is 9.88 Å². The molecule has 1 aliphatic heterocycles. The summed E-state index contributed by atoms with van der Waals surface area (Å²) in [6.07, 6.45) is 5.36. The molecule has 1 aromatic carbocycles. The van der Waals surface area contributed by atoms with Gasteiger partial charge in [-0.05, 0) is 36.1 Å². The smallest absolute Gasteiger partial charge is 0.0659 e. The first-order chi connectivity index (χ1) is 9.81. The maximum Gasteiger partial charge on any atom is 0.0659 e. The van der Waals surface area contributed by atoms with Crippen LogP contribution in [0.2, 0.25) is 0 Å². The number of aromatic nitrogens is 1. The minimum Gasteiger partial charge on any atom is -0.295 e. The maximum absolute atomic E-state index is 4.52. The van der Waals surface area contributed by atoms with E-state index in [0.717, 1.165) is 31.7 Å². The average Bonchev–Trinajstić information content (AvgIpc) is 2.50. The van der Waals surface area contributed by atoms with Gasteiger partial charge in [0.2, 0.25) is 0 Å². The predicted octanol–water partition coefficient (Wildman–Crippen LogP) is 3.68. The van der Waals surface area contributed by atoms with Crippen LogP contribution in [0, 0.1) is 6.92 Å². The summed E-state index contributed by atoms with van der Waals surface area (Å²) in [6.45, 7) is 5.23. The van der Waals surface area contributed by atoms with Crippen LogP contribution < -0.4 is 0 Å². The van der Waals surface area contributed by atoms with Crippen LogP contribution in [0.5, 0.6) is 0 Å². The normalized spacial score (nSPS) is 15.9. The molecule has 0 bridgehead atoms. The van der Waals surface area contributed by atoms with Gasteiger partial charge in [0.25, 0.3) is 0 Å². The van der Waals surface area contributed by atoms with Crippen LogP contribution in [0.3, 0.4) is 0 Å². The minimum atomic E-state index is 1.01. The van der Waals surface area contributed by atoms with Crippen molar-refractivity contribution in [2.45, 2.75) is 19.9 Å². The van der Waals surface area contributed by atoms with Crippen molar-refractivity contribution >= 4 is 5.57 Å². The number of rotatable bonds is 3. The van der Waals surface area contributed by atoms with E-state index in [4.69, 9.17) is 0 Å². The van der Waals surface area contributed by atoms with Gasteiger partial charge in [-0.15, -0.1) is 0 Å². The largest absolute Gasteiger partial charge is 0.295 e. The third kappa shape index (κ3) is 3.14. The Kier molecular flexibility index (Phi) is 3.93. The standard InChI is InChI=1S/C18H20N2/c1-15-7-8-18(19-13-15)17-9-11-20(12-10-17)14-16-5-3-2-4-6-16/h2-9,13H,10-12,14H2,1H3. The minimum absolute atomic E-state index is 1.01. The maximum atomic E-state index is 4.52. The highest BCUT2D eigenvalue weighted by molar-refractivity contribution is 5.63. The van der Waals surface area contributed by atoms with Crippen LogP contribution in [0.4, 0.5) is 0 Å². The number of hydrogen-bond donors (Lipinski definition) is 0. The van der Waals surface area contributed by atoms with E-state index in [1.54, 1.807) is 0 Å². The van der Waals surface area contributed by atoms with Gasteiger partial charge in [0.05, 0.1) is 5.69 Å². The van der Waals surface area contributed by atoms with Gasteiger partial charge in [-0.3, -0.25) is 9.88 Å². The molecule has 0 amide bonds. The van der Waals surface area contributed by atoms with Crippen LogP contribution in [-0.2, 0) is 6.54 Å². The van der Waals surface area contributed by atoms with Crippen LogP contribution in [0.15, 0.2) is 54.7 Å². The predicted molar refractivity (Wildman–Crippen MR) is 83.3 cm³/mol. The summed E-state index contributed by atoms with van der Waals surface area (Å²) in [4.78, 5) is 7.00. The Hall–Kier alpha value is -1.93. The fourth-order valence-electron chi connectivity index (χ4n) is 2.59. The van der Waals surface area contributed by atoms with Crippen LogP contribution in [0.1, 0.15) is 23.2 Å². The van der Waals surface area contributed by atoms with Gasteiger partial charge >= 0.3 is 0 Å².